The predicted molar refractivity (Wildman–Crippen MR) is 196 cm³/mol. The van der Waals surface area contributed by atoms with Gasteiger partial charge in [-0.05, 0) is 41.3 Å². The standard InChI is InChI=1S/C43H27N3O/c47-43-39-32(33-24-26-35-31-19-8-11-21-37(31)45(42(35)40(33)44-43)28-15-5-2-6-16-28)23-25-34-30-18-9-12-22-38(30)46(41(34)39)36-20-10-7-17-29(36)27-13-3-1-4-14-27/h1-26H,(H,44,47). The summed E-state index contributed by atoms with van der Waals surface area (Å²) in [5.41, 5.74) is 9.17. The lowest BCUT2D eigenvalue weighted by atomic mass is 10.0. The number of aromatic nitrogens is 3. The van der Waals surface area contributed by atoms with Crippen molar-refractivity contribution in [2.24, 2.45) is 0 Å². The molecular formula is C43H27N3O. The molecule has 0 aliphatic carbocycles. The van der Waals surface area contributed by atoms with Crippen LogP contribution in [0.2, 0.25) is 0 Å². The molecule has 3 heterocycles. The Hall–Kier alpha value is -6.39. The van der Waals surface area contributed by atoms with Crippen molar-refractivity contribution in [3.63, 3.8) is 0 Å². The van der Waals surface area contributed by atoms with Gasteiger partial charge in [0.15, 0.2) is 0 Å². The van der Waals surface area contributed by atoms with Gasteiger partial charge in [0.05, 0.1) is 38.7 Å². The Bertz CT molecular complexity index is 2910. The number of hydrogen-bond donors (Lipinski definition) is 1. The zero-order valence-electron chi connectivity index (χ0n) is 25.3. The number of pyridine rings is 1. The minimum Gasteiger partial charge on any atom is -0.320 e. The lowest BCUT2D eigenvalue weighted by molar-refractivity contribution is 1.18. The molecule has 0 spiro atoms. The van der Waals surface area contributed by atoms with Gasteiger partial charge in [-0.2, -0.15) is 0 Å². The van der Waals surface area contributed by atoms with Crippen LogP contribution >= 0.6 is 0 Å². The summed E-state index contributed by atoms with van der Waals surface area (Å²) in [4.78, 5) is 18.1. The molecule has 4 heteroatoms. The largest absolute Gasteiger partial charge is 0.320 e. The highest BCUT2D eigenvalue weighted by atomic mass is 16.1. The molecule has 0 aliphatic heterocycles. The van der Waals surface area contributed by atoms with E-state index in [9.17, 15) is 4.79 Å². The van der Waals surface area contributed by atoms with Gasteiger partial charge in [0.25, 0.3) is 5.56 Å². The molecule has 1 N–H and O–H groups in total. The molecule has 10 rings (SSSR count). The normalized spacial score (nSPS) is 11.9. The molecule has 47 heavy (non-hydrogen) atoms. The molecule has 0 saturated carbocycles. The maximum atomic E-state index is 14.7. The molecule has 0 radical (unpaired) electrons. The summed E-state index contributed by atoms with van der Waals surface area (Å²) in [6, 6.07) is 55.0. The van der Waals surface area contributed by atoms with E-state index in [1.807, 2.05) is 12.1 Å². The third kappa shape index (κ3) is 3.61. The number of nitrogens with zero attached hydrogens (tertiary/aromatic N) is 2. The van der Waals surface area contributed by atoms with Crippen LogP contribution in [0.4, 0.5) is 0 Å². The summed E-state index contributed by atoms with van der Waals surface area (Å²) in [6.07, 6.45) is 0. The van der Waals surface area contributed by atoms with Crippen LogP contribution in [-0.4, -0.2) is 14.1 Å². The van der Waals surface area contributed by atoms with Crippen molar-refractivity contribution in [3.05, 3.63) is 168 Å². The fourth-order valence-corrected chi connectivity index (χ4v) is 7.72. The Morgan fingerprint density at radius 1 is 0.426 bits per heavy atom. The smallest absolute Gasteiger partial charge is 0.258 e. The van der Waals surface area contributed by atoms with Crippen molar-refractivity contribution in [3.8, 4) is 22.5 Å². The molecular weight excluding hydrogens is 574 g/mol. The van der Waals surface area contributed by atoms with Gasteiger partial charge in [0.1, 0.15) is 0 Å². The Labute approximate surface area is 269 Å². The van der Waals surface area contributed by atoms with Crippen LogP contribution in [0.1, 0.15) is 0 Å². The van der Waals surface area contributed by atoms with E-state index in [1.54, 1.807) is 0 Å². The van der Waals surface area contributed by atoms with E-state index < -0.39 is 0 Å². The number of aromatic amines is 1. The monoisotopic (exact) mass is 601 g/mol. The molecule has 0 unspecified atom stereocenters. The topological polar surface area (TPSA) is 42.7 Å². The summed E-state index contributed by atoms with van der Waals surface area (Å²) in [5.74, 6) is 0. The minimum atomic E-state index is -0.100. The van der Waals surface area contributed by atoms with Crippen LogP contribution < -0.4 is 5.56 Å². The maximum absolute atomic E-state index is 14.7. The Balaban J connectivity index is 1.39. The summed E-state index contributed by atoms with van der Waals surface area (Å²) in [5, 5.41) is 7.08. The SMILES string of the molecule is O=c1[nH]c2c(ccc3c4ccccc4n(-c4ccccc4)c32)c2ccc3c4ccccc4n(-c4ccccc4-c4ccccc4)c3c12. The number of nitrogens with one attached hydrogen (secondary N) is 1. The van der Waals surface area contributed by atoms with Crippen molar-refractivity contribution >= 4 is 65.3 Å². The van der Waals surface area contributed by atoms with Crippen LogP contribution in [0.3, 0.4) is 0 Å². The van der Waals surface area contributed by atoms with Crippen LogP contribution in [0.25, 0.3) is 87.8 Å². The predicted octanol–water partition coefficient (Wildman–Crippen LogP) is 10.5. The third-order valence-corrected chi connectivity index (χ3v) is 9.67. The number of hydrogen-bond acceptors (Lipinski definition) is 1. The summed E-state index contributed by atoms with van der Waals surface area (Å²) in [6.45, 7) is 0. The molecule has 0 atom stereocenters. The highest BCUT2D eigenvalue weighted by Gasteiger charge is 2.22. The first kappa shape index (κ1) is 25.9. The van der Waals surface area contributed by atoms with Crippen molar-refractivity contribution in [1.82, 2.24) is 14.1 Å². The van der Waals surface area contributed by atoms with Crippen molar-refractivity contribution in [2.75, 3.05) is 0 Å². The molecule has 0 bridgehead atoms. The lowest BCUT2D eigenvalue weighted by Gasteiger charge is -2.15. The fourth-order valence-electron chi connectivity index (χ4n) is 7.72. The first-order valence-corrected chi connectivity index (χ1v) is 15.9. The number of benzene rings is 7. The first-order valence-electron chi connectivity index (χ1n) is 15.9. The van der Waals surface area contributed by atoms with Crippen molar-refractivity contribution in [1.29, 1.82) is 0 Å². The van der Waals surface area contributed by atoms with Crippen LogP contribution in [0.5, 0.6) is 0 Å². The van der Waals surface area contributed by atoms with Crippen molar-refractivity contribution in [2.45, 2.75) is 0 Å². The van der Waals surface area contributed by atoms with E-state index in [4.69, 9.17) is 0 Å². The highest BCUT2D eigenvalue weighted by molar-refractivity contribution is 6.26. The molecule has 0 aliphatic rings. The summed E-state index contributed by atoms with van der Waals surface area (Å²) < 4.78 is 4.57. The van der Waals surface area contributed by atoms with Gasteiger partial charge in [-0.1, -0.05) is 127 Å². The van der Waals surface area contributed by atoms with Gasteiger partial charge in [0.2, 0.25) is 0 Å². The van der Waals surface area contributed by atoms with E-state index in [0.29, 0.717) is 5.39 Å². The van der Waals surface area contributed by atoms with Gasteiger partial charge in [-0.25, -0.2) is 0 Å². The number of H-pyrrole nitrogens is 1. The number of para-hydroxylation sites is 4. The zero-order valence-corrected chi connectivity index (χ0v) is 25.3. The zero-order chi connectivity index (χ0) is 31.1. The van der Waals surface area contributed by atoms with Gasteiger partial charge in [-0.15, -0.1) is 0 Å². The van der Waals surface area contributed by atoms with Crippen LogP contribution in [0, 0.1) is 0 Å². The Morgan fingerprint density at radius 3 is 1.72 bits per heavy atom. The van der Waals surface area contributed by atoms with E-state index in [2.05, 4.69) is 160 Å². The Kier molecular flexibility index (Phi) is 5.40. The molecule has 4 nitrogen and oxygen atoms in total. The molecule has 10 aromatic rings. The molecule has 3 aromatic heterocycles. The molecule has 7 aromatic carbocycles. The molecule has 220 valence electrons. The van der Waals surface area contributed by atoms with Gasteiger partial charge in [-0.3, -0.25) is 4.79 Å². The van der Waals surface area contributed by atoms with Gasteiger partial charge >= 0.3 is 0 Å². The fraction of sp³-hybridized carbons (Fsp3) is 0. The molecule has 0 saturated heterocycles. The molecule has 0 fully saturated rings. The number of rotatable bonds is 3. The number of fused-ring (bicyclic) bond motifs is 11. The Morgan fingerprint density at radius 2 is 0.979 bits per heavy atom. The highest BCUT2D eigenvalue weighted by Crippen LogP contribution is 2.41. The van der Waals surface area contributed by atoms with E-state index in [-0.39, 0.29) is 5.56 Å². The minimum absolute atomic E-state index is 0.100. The second-order valence-corrected chi connectivity index (χ2v) is 12.1. The average molecular weight is 602 g/mol. The van der Waals surface area contributed by atoms with Crippen LogP contribution in [-0.2, 0) is 0 Å². The van der Waals surface area contributed by atoms with E-state index in [0.717, 1.165) is 82.4 Å². The van der Waals surface area contributed by atoms with Crippen molar-refractivity contribution < 1.29 is 0 Å². The second kappa shape index (κ2) is 9.80. The van der Waals surface area contributed by atoms with Crippen LogP contribution in [0.15, 0.2) is 163 Å². The summed E-state index contributed by atoms with van der Waals surface area (Å²) in [7, 11) is 0. The maximum Gasteiger partial charge on any atom is 0.258 e. The quantitative estimate of drug-likeness (QED) is 0.201. The second-order valence-electron chi connectivity index (χ2n) is 12.1. The third-order valence-electron chi connectivity index (χ3n) is 9.67. The average Bonchev–Trinajstić information content (AvgIpc) is 3.66. The van der Waals surface area contributed by atoms with E-state index in [1.165, 1.54) is 0 Å². The first-order chi connectivity index (χ1) is 23.3. The van der Waals surface area contributed by atoms with Gasteiger partial charge in [0, 0.05) is 38.2 Å². The van der Waals surface area contributed by atoms with E-state index >= 15 is 0 Å². The molecule has 0 amide bonds. The summed E-state index contributed by atoms with van der Waals surface area (Å²) >= 11 is 0. The lowest BCUT2D eigenvalue weighted by Crippen LogP contribution is -2.09. The van der Waals surface area contributed by atoms with Gasteiger partial charge < -0.3 is 14.1 Å².